The van der Waals surface area contributed by atoms with Crippen LogP contribution in [0, 0.1) is 0 Å². The Morgan fingerprint density at radius 2 is 1.16 bits per heavy atom. The van der Waals surface area contributed by atoms with Crippen LogP contribution in [-0.2, 0) is 10.8 Å². The number of hydrogen-bond donors (Lipinski definition) is 1. The zero-order chi connectivity index (χ0) is 22.5. The van der Waals surface area contributed by atoms with Gasteiger partial charge in [0.25, 0.3) is 0 Å². The summed E-state index contributed by atoms with van der Waals surface area (Å²) in [6.45, 7) is 11.4. The Balaban J connectivity index is 1.38. The molecular weight excluding hydrogens is 386 g/mol. The molecule has 0 radical (unpaired) electrons. The van der Waals surface area contributed by atoms with Crippen LogP contribution in [0.25, 0.3) is 22.3 Å². The molecule has 1 N–H and O–H groups in total. The van der Waals surface area contributed by atoms with Gasteiger partial charge in [-0.25, -0.2) is 0 Å². The summed E-state index contributed by atoms with van der Waals surface area (Å²) in [5, 5.41) is 3.61. The summed E-state index contributed by atoms with van der Waals surface area (Å²) in [6, 6.07) is 33.2. The van der Waals surface area contributed by atoms with Gasteiger partial charge in [-0.3, -0.25) is 0 Å². The number of hydrogen-bond acceptors (Lipinski definition) is 1. The van der Waals surface area contributed by atoms with Crippen LogP contribution in [0.1, 0.15) is 51.3 Å². The van der Waals surface area contributed by atoms with Crippen LogP contribution in [-0.4, -0.2) is 0 Å². The maximum atomic E-state index is 3.61. The molecule has 1 aliphatic rings. The van der Waals surface area contributed by atoms with E-state index in [4.69, 9.17) is 0 Å². The summed E-state index contributed by atoms with van der Waals surface area (Å²) in [7, 11) is 0. The minimum Gasteiger partial charge on any atom is -0.356 e. The number of rotatable bonds is 3. The largest absolute Gasteiger partial charge is 0.356 e. The second-order valence-corrected chi connectivity index (χ2v) is 10.5. The topological polar surface area (TPSA) is 12.0 Å². The molecule has 0 atom stereocenters. The molecule has 1 heteroatoms. The summed E-state index contributed by atoms with van der Waals surface area (Å²) in [5.41, 5.74) is 11.8. The van der Waals surface area contributed by atoms with E-state index in [1.165, 1.54) is 38.9 Å². The molecule has 0 bridgehead atoms. The second-order valence-electron chi connectivity index (χ2n) is 10.5. The molecular formula is C31H31N. The minimum atomic E-state index is 0.0205. The highest BCUT2D eigenvalue weighted by Crippen LogP contribution is 2.49. The second kappa shape index (κ2) is 7.38. The average molecular weight is 418 g/mol. The first kappa shape index (κ1) is 20.6. The molecule has 0 fully saturated rings. The number of nitrogens with one attached hydrogen (secondary N) is 1. The van der Waals surface area contributed by atoms with E-state index in [2.05, 4.69) is 131 Å². The fourth-order valence-electron chi connectivity index (χ4n) is 4.86. The molecule has 0 heterocycles. The van der Waals surface area contributed by atoms with Gasteiger partial charge < -0.3 is 5.32 Å². The molecule has 4 aromatic carbocycles. The molecule has 32 heavy (non-hydrogen) atoms. The van der Waals surface area contributed by atoms with Crippen LogP contribution in [0.5, 0.6) is 0 Å². The Labute approximate surface area is 192 Å². The molecule has 5 rings (SSSR count). The van der Waals surface area contributed by atoms with Gasteiger partial charge in [0.05, 0.1) is 0 Å². The first-order valence-electron chi connectivity index (χ1n) is 11.5. The Bertz CT molecular complexity index is 1270. The smallest absolute Gasteiger partial charge is 0.0387 e. The number of anilines is 2. The van der Waals surface area contributed by atoms with E-state index in [-0.39, 0.29) is 10.8 Å². The van der Waals surface area contributed by atoms with Crippen molar-refractivity contribution in [1.82, 2.24) is 0 Å². The van der Waals surface area contributed by atoms with Crippen molar-refractivity contribution in [1.29, 1.82) is 0 Å². The van der Waals surface area contributed by atoms with E-state index in [9.17, 15) is 0 Å². The van der Waals surface area contributed by atoms with Crippen molar-refractivity contribution in [3.05, 3.63) is 108 Å². The monoisotopic (exact) mass is 417 g/mol. The minimum absolute atomic E-state index is 0.0205. The molecule has 1 aliphatic carbocycles. The third-order valence-corrected chi connectivity index (χ3v) is 6.84. The zero-order valence-corrected chi connectivity index (χ0v) is 19.7. The Morgan fingerprint density at radius 1 is 0.594 bits per heavy atom. The summed E-state index contributed by atoms with van der Waals surface area (Å²) in [6.07, 6.45) is 0. The van der Waals surface area contributed by atoms with E-state index in [1.54, 1.807) is 0 Å². The Morgan fingerprint density at radius 3 is 1.81 bits per heavy atom. The van der Waals surface area contributed by atoms with E-state index >= 15 is 0 Å². The standard InChI is InChI=1S/C31H31N/c1-30(2,3)23-14-10-21(11-15-23)22-12-16-24(17-13-22)32-25-18-19-27-26-8-6-7-9-28(26)31(4,5)29(27)20-25/h6-20,32H,1-5H3. The number of benzene rings is 4. The molecule has 0 saturated heterocycles. The molecule has 0 amide bonds. The summed E-state index contributed by atoms with van der Waals surface area (Å²) in [4.78, 5) is 0. The summed E-state index contributed by atoms with van der Waals surface area (Å²) in [5.74, 6) is 0. The van der Waals surface area contributed by atoms with Crippen LogP contribution in [0.2, 0.25) is 0 Å². The van der Waals surface area contributed by atoms with Crippen LogP contribution < -0.4 is 5.32 Å². The molecule has 1 nitrogen and oxygen atoms in total. The van der Waals surface area contributed by atoms with Gasteiger partial charge in [-0.05, 0) is 68.6 Å². The van der Waals surface area contributed by atoms with Gasteiger partial charge >= 0.3 is 0 Å². The first-order valence-corrected chi connectivity index (χ1v) is 11.5. The van der Waals surface area contributed by atoms with Crippen molar-refractivity contribution < 1.29 is 0 Å². The molecule has 160 valence electrons. The maximum absolute atomic E-state index is 3.61. The van der Waals surface area contributed by atoms with Gasteiger partial charge in [0.1, 0.15) is 0 Å². The molecule has 0 unspecified atom stereocenters. The lowest BCUT2D eigenvalue weighted by atomic mass is 9.82. The lowest BCUT2D eigenvalue weighted by Crippen LogP contribution is -2.15. The highest BCUT2D eigenvalue weighted by atomic mass is 14.9. The van der Waals surface area contributed by atoms with Crippen molar-refractivity contribution >= 4 is 11.4 Å². The quantitative estimate of drug-likeness (QED) is 0.351. The van der Waals surface area contributed by atoms with Crippen molar-refractivity contribution in [2.45, 2.75) is 45.4 Å². The maximum Gasteiger partial charge on any atom is 0.0387 e. The van der Waals surface area contributed by atoms with E-state index in [0.717, 1.165) is 11.4 Å². The van der Waals surface area contributed by atoms with Crippen LogP contribution >= 0.6 is 0 Å². The van der Waals surface area contributed by atoms with Crippen LogP contribution in [0.4, 0.5) is 11.4 Å². The normalized spacial score (nSPS) is 14.0. The average Bonchev–Trinajstić information content (AvgIpc) is 3.01. The summed E-state index contributed by atoms with van der Waals surface area (Å²) < 4.78 is 0. The van der Waals surface area contributed by atoms with Crippen LogP contribution in [0.15, 0.2) is 91.0 Å². The molecule has 0 spiro atoms. The van der Waals surface area contributed by atoms with E-state index in [1.807, 2.05) is 0 Å². The Kier molecular flexibility index (Phi) is 4.74. The van der Waals surface area contributed by atoms with Gasteiger partial charge in [0, 0.05) is 16.8 Å². The third-order valence-electron chi connectivity index (χ3n) is 6.84. The molecule has 0 aliphatic heterocycles. The van der Waals surface area contributed by atoms with E-state index in [0.29, 0.717) is 0 Å². The fourth-order valence-corrected chi connectivity index (χ4v) is 4.86. The van der Waals surface area contributed by atoms with Gasteiger partial charge in [-0.2, -0.15) is 0 Å². The SMILES string of the molecule is CC(C)(C)c1ccc(-c2ccc(Nc3ccc4c(c3)C(C)(C)c3ccccc3-4)cc2)cc1. The highest BCUT2D eigenvalue weighted by molar-refractivity contribution is 5.83. The highest BCUT2D eigenvalue weighted by Gasteiger charge is 2.35. The van der Waals surface area contributed by atoms with Crippen molar-refractivity contribution in [2.24, 2.45) is 0 Å². The third kappa shape index (κ3) is 3.52. The first-order chi connectivity index (χ1) is 15.2. The van der Waals surface area contributed by atoms with Gasteiger partial charge in [0.15, 0.2) is 0 Å². The predicted molar refractivity (Wildman–Crippen MR) is 138 cm³/mol. The Hall–Kier alpha value is -3.32. The zero-order valence-electron chi connectivity index (χ0n) is 19.7. The van der Waals surface area contributed by atoms with E-state index < -0.39 is 0 Å². The lowest BCUT2D eigenvalue weighted by molar-refractivity contribution is 0.590. The van der Waals surface area contributed by atoms with Crippen molar-refractivity contribution in [3.8, 4) is 22.3 Å². The molecule has 4 aromatic rings. The van der Waals surface area contributed by atoms with Gasteiger partial charge in [-0.15, -0.1) is 0 Å². The lowest BCUT2D eigenvalue weighted by Gasteiger charge is -2.22. The van der Waals surface area contributed by atoms with Crippen LogP contribution in [0.3, 0.4) is 0 Å². The molecule has 0 aromatic heterocycles. The van der Waals surface area contributed by atoms with Gasteiger partial charge in [-0.1, -0.05) is 101 Å². The summed E-state index contributed by atoms with van der Waals surface area (Å²) >= 11 is 0. The fraction of sp³-hybridized carbons (Fsp3) is 0.226. The molecule has 0 saturated carbocycles. The van der Waals surface area contributed by atoms with Gasteiger partial charge in [0.2, 0.25) is 0 Å². The number of fused-ring (bicyclic) bond motifs is 3. The van der Waals surface area contributed by atoms with Crippen molar-refractivity contribution in [2.75, 3.05) is 5.32 Å². The van der Waals surface area contributed by atoms with Crippen molar-refractivity contribution in [3.63, 3.8) is 0 Å². The predicted octanol–water partition coefficient (Wildman–Crippen LogP) is 8.70.